The van der Waals surface area contributed by atoms with E-state index in [-0.39, 0.29) is 62.2 Å². The number of fused-ring (bicyclic) bond motifs is 7. The van der Waals surface area contributed by atoms with E-state index in [1.807, 2.05) is 34.6 Å². The van der Waals surface area contributed by atoms with Gasteiger partial charge < -0.3 is 29.1 Å². The second-order valence-electron chi connectivity index (χ2n) is 16.5. The molecule has 0 radical (unpaired) electrons. The molecule has 13 nitrogen and oxygen atoms in total. The van der Waals surface area contributed by atoms with Crippen LogP contribution in [0.5, 0.6) is 0 Å². The average Bonchev–Trinajstić information content (AvgIpc) is 3.70. The Balaban J connectivity index is 1.07. The minimum absolute atomic E-state index is 0.0159. The molecule has 3 amide bonds. The Labute approximate surface area is 322 Å². The fourth-order valence-electron chi connectivity index (χ4n) is 10.00. The number of hydrogen-bond acceptors (Lipinski definition) is 13. The summed E-state index contributed by atoms with van der Waals surface area (Å²) in [5.41, 5.74) is -2.93. The molecule has 6 rings (SSSR count). The zero-order chi connectivity index (χ0) is 39.4. The number of aliphatic hydroxyl groups excluding tert-OH is 1. The fraction of sp³-hybridized carbons (Fsp3) is 0.737. The highest BCUT2D eigenvalue weighted by molar-refractivity contribution is 8.77. The second-order valence-corrected chi connectivity index (χ2v) is 19.6. The number of nitrogens with zero attached hydrogens (tertiary/aromatic N) is 2. The van der Waals surface area contributed by atoms with Crippen molar-refractivity contribution in [2.45, 2.75) is 121 Å². The van der Waals surface area contributed by atoms with E-state index in [0.717, 1.165) is 6.42 Å². The van der Waals surface area contributed by atoms with Crippen molar-refractivity contribution in [2.75, 3.05) is 26.0 Å². The molecular weight excluding hydrogens is 744 g/mol. The van der Waals surface area contributed by atoms with Gasteiger partial charge in [-0.3, -0.25) is 19.2 Å². The van der Waals surface area contributed by atoms with Crippen LogP contribution in [0.1, 0.15) is 86.0 Å². The minimum Gasteiger partial charge on any atom is -0.441 e. The lowest BCUT2D eigenvalue weighted by molar-refractivity contribution is -0.202. The fourth-order valence-corrected chi connectivity index (χ4v) is 12.5. The number of rotatable bonds is 13. The number of hydroxylamine groups is 2. The largest absolute Gasteiger partial charge is 0.441 e. The van der Waals surface area contributed by atoms with E-state index in [2.05, 4.69) is 0 Å². The molecular formula is C38H51FN2O11S2. The number of halogens is 1. The van der Waals surface area contributed by atoms with Crippen LogP contribution in [0.15, 0.2) is 23.8 Å². The molecule has 2 saturated heterocycles. The lowest BCUT2D eigenvalue weighted by Crippen LogP contribution is -2.64. The van der Waals surface area contributed by atoms with Crippen molar-refractivity contribution in [3.63, 3.8) is 0 Å². The van der Waals surface area contributed by atoms with Gasteiger partial charge in [0, 0.05) is 53.7 Å². The molecule has 2 heterocycles. The number of carbonyl (C=O) groups is 6. The SMILES string of the molecule is CCCC1O[C@@H]2CC3[C@@H]4C[C@H](F)C5=CC(=O)C=C[C@]5(C)C4[C@@H](O)C[C@]3(C)[C@]2(C(=O)COC(=O)N(C)CCSSC(C)(C)CC(=O)ON2C(=O)CCC2=O)O1. The van der Waals surface area contributed by atoms with Gasteiger partial charge in [0.15, 0.2) is 24.3 Å². The van der Waals surface area contributed by atoms with Crippen molar-refractivity contribution in [3.05, 3.63) is 23.8 Å². The molecule has 298 valence electrons. The molecule has 10 atom stereocenters. The van der Waals surface area contributed by atoms with Gasteiger partial charge in [0.25, 0.3) is 11.8 Å². The Bertz CT molecular complexity index is 1620. The first kappa shape index (κ1) is 40.9. The first-order valence-corrected chi connectivity index (χ1v) is 21.1. The van der Waals surface area contributed by atoms with Crippen molar-refractivity contribution in [1.82, 2.24) is 9.96 Å². The number of amides is 3. The smallest absolute Gasteiger partial charge is 0.409 e. The van der Waals surface area contributed by atoms with E-state index in [1.54, 1.807) is 13.1 Å². The van der Waals surface area contributed by atoms with Gasteiger partial charge in [-0.05, 0) is 69.1 Å². The Hall–Kier alpha value is -2.79. The van der Waals surface area contributed by atoms with Crippen LogP contribution in [-0.4, -0.2) is 111 Å². The number of ketones is 2. The molecule has 0 spiro atoms. The van der Waals surface area contributed by atoms with E-state index in [9.17, 15) is 33.9 Å². The number of alkyl halides is 1. The quantitative estimate of drug-likeness (QED) is 0.152. The average molecular weight is 795 g/mol. The topological polar surface area (TPSA) is 166 Å². The monoisotopic (exact) mass is 794 g/mol. The predicted octanol–water partition coefficient (Wildman–Crippen LogP) is 4.90. The molecule has 1 N–H and O–H groups in total. The van der Waals surface area contributed by atoms with Crippen LogP contribution in [0.2, 0.25) is 0 Å². The van der Waals surface area contributed by atoms with E-state index >= 15 is 4.39 Å². The number of imide groups is 1. The highest BCUT2D eigenvalue weighted by atomic mass is 33.1. The molecule has 0 bridgehead atoms. The number of ether oxygens (including phenoxy) is 3. The zero-order valence-corrected chi connectivity index (χ0v) is 33.3. The molecule has 4 aliphatic carbocycles. The summed E-state index contributed by atoms with van der Waals surface area (Å²) in [4.78, 5) is 82.0. The van der Waals surface area contributed by atoms with Crippen LogP contribution in [0.4, 0.5) is 9.18 Å². The summed E-state index contributed by atoms with van der Waals surface area (Å²) in [5.74, 6) is -2.98. The third kappa shape index (κ3) is 7.18. The summed E-state index contributed by atoms with van der Waals surface area (Å²) in [6.45, 7) is 9.12. The summed E-state index contributed by atoms with van der Waals surface area (Å²) in [7, 11) is 4.36. The third-order valence-corrected chi connectivity index (χ3v) is 15.7. The highest BCUT2D eigenvalue weighted by Crippen LogP contribution is 2.70. The maximum absolute atomic E-state index is 15.9. The van der Waals surface area contributed by atoms with Crippen molar-refractivity contribution in [3.8, 4) is 0 Å². The van der Waals surface area contributed by atoms with Crippen LogP contribution in [0.25, 0.3) is 0 Å². The number of hydrogen-bond donors (Lipinski definition) is 1. The van der Waals surface area contributed by atoms with Gasteiger partial charge in [-0.25, -0.2) is 14.0 Å². The molecule has 5 fully saturated rings. The maximum Gasteiger partial charge on any atom is 0.409 e. The van der Waals surface area contributed by atoms with Crippen molar-refractivity contribution in [1.29, 1.82) is 0 Å². The standard InChI is InChI=1S/C38H51FN2O11S2/c1-7-8-32-50-28-17-23-22-16-25(39)24-15-21(42)11-12-36(24,4)33(22)26(43)18-37(23,5)38(28,51-32)27(44)20-49-34(48)40(6)13-14-53-54-35(2,3)19-31(47)52-41-29(45)9-10-30(41)46/h11-12,15,22-23,25-26,28,32-33,43H,7-10,13-14,16-20H2,1-6H3/t22-,23?,25-,26-,28+,32?,33?,36-,37-,38+/m0/s1. The van der Waals surface area contributed by atoms with Gasteiger partial charge in [-0.2, -0.15) is 0 Å². The lowest BCUT2D eigenvalue weighted by Gasteiger charge is -2.60. The van der Waals surface area contributed by atoms with Gasteiger partial charge >= 0.3 is 12.1 Å². The first-order valence-electron chi connectivity index (χ1n) is 18.8. The first-order chi connectivity index (χ1) is 25.4. The number of carbonyl (C=O) groups excluding carboxylic acids is 6. The number of allylic oxidation sites excluding steroid dienone is 4. The van der Waals surface area contributed by atoms with Gasteiger partial charge in [-0.15, -0.1) is 5.06 Å². The Morgan fingerprint density at radius 3 is 2.54 bits per heavy atom. The van der Waals surface area contributed by atoms with E-state index in [1.165, 1.54) is 38.6 Å². The van der Waals surface area contributed by atoms with Crippen LogP contribution >= 0.6 is 21.6 Å². The summed E-state index contributed by atoms with van der Waals surface area (Å²) in [5, 5.41) is 12.4. The Morgan fingerprint density at radius 2 is 1.85 bits per heavy atom. The molecule has 54 heavy (non-hydrogen) atoms. The van der Waals surface area contributed by atoms with Gasteiger partial charge in [0.1, 0.15) is 6.17 Å². The van der Waals surface area contributed by atoms with Gasteiger partial charge in [-0.1, -0.05) is 54.9 Å². The molecule has 0 aromatic heterocycles. The van der Waals surface area contributed by atoms with Gasteiger partial charge in [0.05, 0.1) is 18.6 Å². The van der Waals surface area contributed by atoms with E-state index < -0.39 is 82.1 Å². The van der Waals surface area contributed by atoms with Gasteiger partial charge in [0.2, 0.25) is 5.78 Å². The summed E-state index contributed by atoms with van der Waals surface area (Å²) >= 11 is 0. The molecule has 6 aliphatic rings. The van der Waals surface area contributed by atoms with Crippen molar-refractivity contribution < 1.29 is 57.3 Å². The minimum atomic E-state index is -1.52. The second kappa shape index (κ2) is 15.3. The van der Waals surface area contributed by atoms with Crippen LogP contribution in [-0.2, 0) is 43.0 Å². The number of Topliss-reactive ketones (excluding diaryl/α,β-unsaturated/α-hetero) is 1. The van der Waals surface area contributed by atoms with E-state index in [4.69, 9.17) is 19.0 Å². The molecule has 16 heteroatoms. The number of aliphatic hydroxyl groups is 1. The maximum atomic E-state index is 15.9. The normalized spacial score (nSPS) is 37.0. The summed E-state index contributed by atoms with van der Waals surface area (Å²) in [6.07, 6.45) is 2.20. The van der Waals surface area contributed by atoms with E-state index in [0.29, 0.717) is 29.2 Å². The third-order valence-electron chi connectivity index (χ3n) is 12.4. The highest BCUT2D eigenvalue weighted by Gasteiger charge is 2.76. The Kier molecular flexibility index (Phi) is 11.6. The summed E-state index contributed by atoms with van der Waals surface area (Å²) in [6, 6.07) is 0. The van der Waals surface area contributed by atoms with Crippen LogP contribution in [0.3, 0.4) is 0 Å². The molecule has 3 saturated carbocycles. The lowest BCUT2D eigenvalue weighted by atomic mass is 9.46. The molecule has 0 aromatic carbocycles. The predicted molar refractivity (Wildman–Crippen MR) is 196 cm³/mol. The zero-order valence-electron chi connectivity index (χ0n) is 31.7. The molecule has 0 aromatic rings. The Morgan fingerprint density at radius 1 is 1.15 bits per heavy atom. The van der Waals surface area contributed by atoms with Crippen molar-refractivity contribution in [2.24, 2.45) is 28.6 Å². The molecule has 3 unspecified atom stereocenters. The molecule has 2 aliphatic heterocycles. The summed E-state index contributed by atoms with van der Waals surface area (Å²) < 4.78 is 33.9. The van der Waals surface area contributed by atoms with Crippen molar-refractivity contribution >= 4 is 57.0 Å². The van der Waals surface area contributed by atoms with Crippen LogP contribution in [0, 0.1) is 28.6 Å². The van der Waals surface area contributed by atoms with Crippen LogP contribution < -0.4 is 0 Å².